The molecule has 0 radical (unpaired) electrons. The molecule has 1 aromatic heterocycles. The maximum Gasteiger partial charge on any atom is 0.273 e. The molecule has 0 saturated heterocycles. The van der Waals surface area contributed by atoms with E-state index in [0.717, 1.165) is 5.03 Å². The van der Waals surface area contributed by atoms with E-state index in [4.69, 9.17) is 4.74 Å². The molecule has 1 N–H and O–H groups in total. The molecule has 8 heteroatoms. The molecule has 1 amide bonds. The van der Waals surface area contributed by atoms with E-state index in [1.807, 2.05) is 12.1 Å². The third kappa shape index (κ3) is 4.43. The first-order valence-corrected chi connectivity index (χ1v) is 7.60. The SMILES string of the molecule is COc1cc([N+](=O)[O-])ccc1NC(=O)[C@H](C)Sc1ccccn1. The summed E-state index contributed by atoms with van der Waals surface area (Å²) < 4.78 is 5.10. The number of nitrogens with one attached hydrogen (secondary N) is 1. The number of amides is 1. The van der Waals surface area contributed by atoms with Gasteiger partial charge in [0.2, 0.25) is 5.91 Å². The summed E-state index contributed by atoms with van der Waals surface area (Å²) in [5.74, 6) is -0.00427. The predicted octanol–water partition coefficient (Wildman–Crippen LogP) is 3.12. The van der Waals surface area contributed by atoms with Gasteiger partial charge in [0.1, 0.15) is 5.75 Å². The number of rotatable bonds is 6. The number of hydrogen-bond donors (Lipinski definition) is 1. The van der Waals surface area contributed by atoms with Gasteiger partial charge in [-0.3, -0.25) is 14.9 Å². The summed E-state index contributed by atoms with van der Waals surface area (Å²) in [6.45, 7) is 1.76. The standard InChI is InChI=1S/C15H15N3O4S/c1-10(23-14-5-3-4-8-16-14)15(19)17-12-7-6-11(18(20)21)9-13(12)22-2/h3-10H,1-2H3,(H,17,19)/t10-/m0/s1. The van der Waals surface area contributed by atoms with E-state index in [-0.39, 0.29) is 22.6 Å². The van der Waals surface area contributed by atoms with E-state index in [0.29, 0.717) is 5.69 Å². The fourth-order valence-corrected chi connectivity index (χ4v) is 2.59. The van der Waals surface area contributed by atoms with E-state index in [1.54, 1.807) is 19.2 Å². The highest BCUT2D eigenvalue weighted by molar-refractivity contribution is 8.00. The normalized spacial score (nSPS) is 11.6. The number of non-ortho nitro benzene ring substituents is 1. The number of carbonyl (C=O) groups excluding carboxylic acids is 1. The van der Waals surface area contributed by atoms with Crippen molar-refractivity contribution in [3.63, 3.8) is 0 Å². The van der Waals surface area contributed by atoms with E-state index < -0.39 is 4.92 Å². The smallest absolute Gasteiger partial charge is 0.273 e. The van der Waals surface area contributed by atoms with Gasteiger partial charge in [-0.05, 0) is 25.1 Å². The minimum Gasteiger partial charge on any atom is -0.494 e. The summed E-state index contributed by atoms with van der Waals surface area (Å²) in [7, 11) is 1.39. The molecule has 1 heterocycles. The number of pyridine rings is 1. The van der Waals surface area contributed by atoms with Crippen molar-refractivity contribution < 1.29 is 14.5 Å². The molecule has 2 rings (SSSR count). The van der Waals surface area contributed by atoms with E-state index in [1.165, 1.54) is 37.1 Å². The number of methoxy groups -OCH3 is 1. The molecule has 0 unspecified atom stereocenters. The Balaban J connectivity index is 2.08. The highest BCUT2D eigenvalue weighted by Crippen LogP contribution is 2.30. The van der Waals surface area contributed by atoms with E-state index >= 15 is 0 Å². The van der Waals surface area contributed by atoms with Crippen molar-refractivity contribution in [3.8, 4) is 5.75 Å². The Kier molecular flexibility index (Phi) is 5.53. The lowest BCUT2D eigenvalue weighted by Gasteiger charge is -2.13. The van der Waals surface area contributed by atoms with Crippen molar-refractivity contribution in [1.29, 1.82) is 0 Å². The first kappa shape index (κ1) is 16.8. The molecular weight excluding hydrogens is 318 g/mol. The Hall–Kier alpha value is -2.61. The number of hydrogen-bond acceptors (Lipinski definition) is 6. The molecule has 1 atom stereocenters. The van der Waals surface area contributed by atoms with Crippen molar-refractivity contribution in [2.75, 3.05) is 12.4 Å². The van der Waals surface area contributed by atoms with Crippen molar-refractivity contribution in [2.45, 2.75) is 17.2 Å². The maximum atomic E-state index is 12.3. The molecular formula is C15H15N3O4S. The zero-order valence-corrected chi connectivity index (χ0v) is 13.4. The Morgan fingerprint density at radius 1 is 1.39 bits per heavy atom. The molecule has 0 fully saturated rings. The molecule has 0 saturated carbocycles. The van der Waals surface area contributed by atoms with Crippen LogP contribution in [0.3, 0.4) is 0 Å². The highest BCUT2D eigenvalue weighted by atomic mass is 32.2. The molecule has 0 aliphatic heterocycles. The quantitative estimate of drug-likeness (QED) is 0.496. The average Bonchev–Trinajstić information content (AvgIpc) is 2.55. The van der Waals surface area contributed by atoms with Crippen LogP contribution in [0.2, 0.25) is 0 Å². The van der Waals surface area contributed by atoms with Gasteiger partial charge < -0.3 is 10.1 Å². The van der Waals surface area contributed by atoms with E-state index in [9.17, 15) is 14.9 Å². The fourth-order valence-electron chi connectivity index (χ4n) is 1.78. The molecule has 0 bridgehead atoms. The predicted molar refractivity (Wildman–Crippen MR) is 87.8 cm³/mol. The summed E-state index contributed by atoms with van der Waals surface area (Å²) in [5.41, 5.74) is 0.285. The molecule has 120 valence electrons. The monoisotopic (exact) mass is 333 g/mol. The Bertz CT molecular complexity index is 709. The summed E-state index contributed by atoms with van der Waals surface area (Å²) >= 11 is 1.32. The Morgan fingerprint density at radius 3 is 2.78 bits per heavy atom. The minimum atomic E-state index is -0.520. The van der Waals surface area contributed by atoms with Gasteiger partial charge in [0.15, 0.2) is 0 Å². The van der Waals surface area contributed by atoms with Crippen LogP contribution in [0.1, 0.15) is 6.92 Å². The third-order valence-electron chi connectivity index (χ3n) is 2.96. The van der Waals surface area contributed by atoms with Crippen LogP contribution < -0.4 is 10.1 Å². The van der Waals surface area contributed by atoms with E-state index in [2.05, 4.69) is 10.3 Å². The van der Waals surface area contributed by atoms with Crippen LogP contribution in [-0.4, -0.2) is 28.2 Å². The largest absolute Gasteiger partial charge is 0.494 e. The third-order valence-corrected chi connectivity index (χ3v) is 4.01. The fraction of sp³-hybridized carbons (Fsp3) is 0.200. The summed E-state index contributed by atoms with van der Waals surface area (Å²) in [6, 6.07) is 9.50. The van der Waals surface area contributed by atoms with Crippen LogP contribution in [0.15, 0.2) is 47.6 Å². The second-order valence-corrected chi connectivity index (χ2v) is 5.92. The first-order chi connectivity index (χ1) is 11.0. The second kappa shape index (κ2) is 7.59. The van der Waals surface area contributed by atoms with Gasteiger partial charge >= 0.3 is 0 Å². The van der Waals surface area contributed by atoms with Gasteiger partial charge in [-0.2, -0.15) is 0 Å². The van der Waals surface area contributed by atoms with Crippen LogP contribution in [-0.2, 0) is 4.79 Å². The number of nitrogens with zero attached hydrogens (tertiary/aromatic N) is 2. The van der Waals surface area contributed by atoms with Crippen LogP contribution in [0, 0.1) is 10.1 Å². The molecule has 23 heavy (non-hydrogen) atoms. The number of anilines is 1. The maximum absolute atomic E-state index is 12.3. The minimum absolute atomic E-state index is 0.101. The number of ether oxygens (including phenoxy) is 1. The van der Waals surface area contributed by atoms with Gasteiger partial charge in [0.25, 0.3) is 5.69 Å². The van der Waals surface area contributed by atoms with Gasteiger partial charge in [0, 0.05) is 12.3 Å². The topological polar surface area (TPSA) is 94.4 Å². The molecule has 2 aromatic rings. The lowest BCUT2D eigenvalue weighted by atomic mass is 10.2. The number of nitro groups is 1. The number of nitro benzene ring substituents is 1. The van der Waals surface area contributed by atoms with Gasteiger partial charge in [-0.25, -0.2) is 4.98 Å². The van der Waals surface area contributed by atoms with Gasteiger partial charge in [-0.15, -0.1) is 0 Å². The lowest BCUT2D eigenvalue weighted by molar-refractivity contribution is -0.384. The lowest BCUT2D eigenvalue weighted by Crippen LogP contribution is -2.22. The number of carbonyl (C=O) groups is 1. The second-order valence-electron chi connectivity index (χ2n) is 4.56. The molecule has 0 spiro atoms. The zero-order chi connectivity index (χ0) is 16.8. The Morgan fingerprint density at radius 2 is 2.17 bits per heavy atom. The van der Waals surface area contributed by atoms with Crippen LogP contribution >= 0.6 is 11.8 Å². The Labute approximate surface area is 137 Å². The summed E-state index contributed by atoms with van der Waals surface area (Å²) in [4.78, 5) is 26.7. The molecule has 7 nitrogen and oxygen atoms in total. The van der Waals surface area contributed by atoms with Crippen molar-refractivity contribution in [1.82, 2.24) is 4.98 Å². The molecule has 0 aliphatic carbocycles. The van der Waals surface area contributed by atoms with Gasteiger partial charge in [-0.1, -0.05) is 17.8 Å². The van der Waals surface area contributed by atoms with Crippen LogP contribution in [0.25, 0.3) is 0 Å². The summed E-state index contributed by atoms with van der Waals surface area (Å²) in [5, 5.41) is 13.8. The summed E-state index contributed by atoms with van der Waals surface area (Å²) in [6.07, 6.45) is 1.66. The number of benzene rings is 1. The van der Waals surface area contributed by atoms with Crippen LogP contribution in [0.5, 0.6) is 5.75 Å². The van der Waals surface area contributed by atoms with Gasteiger partial charge in [0.05, 0.1) is 34.1 Å². The number of aromatic nitrogens is 1. The van der Waals surface area contributed by atoms with Crippen molar-refractivity contribution in [2.24, 2.45) is 0 Å². The molecule has 1 aromatic carbocycles. The molecule has 0 aliphatic rings. The van der Waals surface area contributed by atoms with Crippen molar-refractivity contribution >= 4 is 29.0 Å². The zero-order valence-electron chi connectivity index (χ0n) is 12.6. The number of thioether (sulfide) groups is 1. The average molecular weight is 333 g/mol. The van der Waals surface area contributed by atoms with Crippen molar-refractivity contribution in [3.05, 3.63) is 52.7 Å². The first-order valence-electron chi connectivity index (χ1n) is 6.72. The highest BCUT2D eigenvalue weighted by Gasteiger charge is 2.18. The van der Waals surface area contributed by atoms with Crippen LogP contribution in [0.4, 0.5) is 11.4 Å².